The van der Waals surface area contributed by atoms with Crippen LogP contribution >= 0.6 is 11.8 Å². The van der Waals surface area contributed by atoms with Gasteiger partial charge in [-0.2, -0.15) is 11.8 Å². The van der Waals surface area contributed by atoms with Gasteiger partial charge in [0.15, 0.2) is 0 Å². The maximum atomic E-state index is 13.2. The zero-order valence-electron chi connectivity index (χ0n) is 22.8. The van der Waals surface area contributed by atoms with Crippen molar-refractivity contribution < 1.29 is 38.3 Å². The molecule has 4 aromatic rings. The number of benzene rings is 3. The fourth-order valence-corrected chi connectivity index (χ4v) is 4.51. The topological polar surface area (TPSA) is 91.3 Å². The van der Waals surface area contributed by atoms with Crippen LogP contribution in [-0.2, 0) is 4.79 Å². The van der Waals surface area contributed by atoms with Crippen LogP contribution in [0.15, 0.2) is 91.1 Å². The molecule has 40 heavy (non-hydrogen) atoms. The number of carboxylic acids is 1. The van der Waals surface area contributed by atoms with Crippen molar-refractivity contribution >= 4 is 35.8 Å². The van der Waals surface area contributed by atoms with Crippen LogP contribution in [0.25, 0.3) is 23.3 Å². The minimum Gasteiger partial charge on any atom is -0.548 e. The van der Waals surface area contributed by atoms with Gasteiger partial charge in [0.05, 0.1) is 12.0 Å². The number of nitrogens with zero attached hydrogens (tertiary/aromatic N) is 1. The number of ether oxygens (including phenoxy) is 1. The van der Waals surface area contributed by atoms with Crippen molar-refractivity contribution in [3.63, 3.8) is 0 Å². The van der Waals surface area contributed by atoms with Crippen LogP contribution in [0.1, 0.15) is 33.5 Å². The van der Waals surface area contributed by atoms with Crippen molar-refractivity contribution in [1.29, 1.82) is 0 Å². The standard InChI is InChI=1S/C32H30N2O4S.Li/c1-22-8-6-7-11-26(22)28-20-23(14-16-27(28)31(35)34-29(32(36)37)18-19-39-2)12-13-24-15-17-30(33-21-24)38-25-9-4-3-5-10-25;/h3-17,20-21,29H,18-19H2,1-2H3,(H,34,35)(H,36,37);/q;+1/p-1/t29-;/m0./s1. The van der Waals surface area contributed by atoms with Crippen molar-refractivity contribution in [3.8, 4) is 22.8 Å². The van der Waals surface area contributed by atoms with Gasteiger partial charge in [-0.25, -0.2) is 4.98 Å². The molecule has 3 aromatic carbocycles. The minimum absolute atomic E-state index is 0. The molecular formula is C32H29LiN2O4S. The fraction of sp³-hybridized carbons (Fsp3) is 0.156. The number of amides is 1. The molecular weight excluding hydrogens is 515 g/mol. The molecule has 0 aliphatic carbocycles. The van der Waals surface area contributed by atoms with E-state index in [4.69, 9.17) is 4.74 Å². The third kappa shape index (κ3) is 8.37. The minimum atomic E-state index is -1.29. The van der Waals surface area contributed by atoms with Crippen LogP contribution in [-0.4, -0.2) is 34.9 Å². The van der Waals surface area contributed by atoms with Gasteiger partial charge in [0.2, 0.25) is 5.88 Å². The Labute approximate surface area is 251 Å². The summed E-state index contributed by atoms with van der Waals surface area (Å²) in [6.07, 6.45) is 7.79. The number of aryl methyl sites for hydroxylation is 1. The van der Waals surface area contributed by atoms with E-state index in [1.54, 1.807) is 12.3 Å². The van der Waals surface area contributed by atoms with Crippen LogP contribution in [0.3, 0.4) is 0 Å². The Balaban J connectivity index is 0.00000441. The summed E-state index contributed by atoms with van der Waals surface area (Å²) in [4.78, 5) is 29.2. The molecule has 0 bridgehead atoms. The molecule has 0 saturated heterocycles. The molecule has 1 atom stereocenters. The smallest absolute Gasteiger partial charge is 0.548 e. The van der Waals surface area contributed by atoms with Gasteiger partial charge < -0.3 is 20.0 Å². The van der Waals surface area contributed by atoms with Crippen LogP contribution in [0.5, 0.6) is 11.6 Å². The number of carboxylic acid groups (broad SMARTS) is 1. The van der Waals surface area contributed by atoms with Crippen molar-refractivity contribution in [2.75, 3.05) is 12.0 Å². The molecule has 0 saturated carbocycles. The quantitative estimate of drug-likeness (QED) is 0.292. The number of aromatic nitrogens is 1. The second-order valence-electron chi connectivity index (χ2n) is 8.92. The Hall–Kier alpha value is -3.76. The molecule has 0 fully saturated rings. The molecule has 0 radical (unpaired) electrons. The number of carbonyl (C=O) groups is 2. The Morgan fingerprint density at radius 3 is 2.33 bits per heavy atom. The first-order valence-corrected chi connectivity index (χ1v) is 13.9. The summed E-state index contributed by atoms with van der Waals surface area (Å²) in [5.74, 6) is 0.0846. The molecule has 1 heterocycles. The van der Waals surface area contributed by atoms with Crippen LogP contribution in [0.4, 0.5) is 0 Å². The molecule has 198 valence electrons. The van der Waals surface area contributed by atoms with Gasteiger partial charge in [0.1, 0.15) is 5.75 Å². The van der Waals surface area contributed by atoms with Crippen molar-refractivity contribution in [1.82, 2.24) is 10.3 Å². The zero-order chi connectivity index (χ0) is 27.6. The van der Waals surface area contributed by atoms with E-state index in [-0.39, 0.29) is 18.9 Å². The number of hydrogen-bond donors (Lipinski definition) is 1. The van der Waals surface area contributed by atoms with Crippen molar-refractivity contribution in [2.24, 2.45) is 0 Å². The van der Waals surface area contributed by atoms with E-state index in [1.165, 1.54) is 11.8 Å². The predicted octanol–water partition coefficient (Wildman–Crippen LogP) is 2.63. The second kappa shape index (κ2) is 15.1. The van der Waals surface area contributed by atoms with Gasteiger partial charge in [-0.1, -0.05) is 60.7 Å². The normalized spacial score (nSPS) is 11.4. The van der Waals surface area contributed by atoms with Crippen LogP contribution in [0.2, 0.25) is 0 Å². The molecule has 4 rings (SSSR count). The van der Waals surface area contributed by atoms with Crippen LogP contribution < -0.4 is 34.0 Å². The number of nitrogens with one attached hydrogen (secondary N) is 1. The van der Waals surface area contributed by atoms with Gasteiger partial charge in [0, 0.05) is 17.8 Å². The average Bonchev–Trinajstić information content (AvgIpc) is 2.95. The SMILES string of the molecule is CSCC[C@H](NC(=O)c1ccc(C=Cc2ccc(Oc3ccccc3)nc2)cc1-c1ccccc1C)C(=O)[O-].[Li+]. The maximum Gasteiger partial charge on any atom is 1.00 e. The molecule has 0 aliphatic rings. The second-order valence-corrected chi connectivity index (χ2v) is 9.91. The van der Waals surface area contributed by atoms with Crippen molar-refractivity contribution in [3.05, 3.63) is 113 Å². The zero-order valence-corrected chi connectivity index (χ0v) is 23.6. The summed E-state index contributed by atoms with van der Waals surface area (Å²) in [5.41, 5.74) is 4.80. The van der Waals surface area contributed by atoms with Gasteiger partial charge in [-0.15, -0.1) is 0 Å². The van der Waals surface area contributed by atoms with Gasteiger partial charge >= 0.3 is 18.9 Å². The Bertz CT molecular complexity index is 1460. The summed E-state index contributed by atoms with van der Waals surface area (Å²) in [6.45, 7) is 1.98. The van der Waals surface area contributed by atoms with Crippen molar-refractivity contribution in [2.45, 2.75) is 19.4 Å². The molecule has 8 heteroatoms. The molecule has 0 aliphatic heterocycles. The number of hydrogen-bond acceptors (Lipinski definition) is 6. The molecule has 1 N–H and O–H groups in total. The summed E-state index contributed by atoms with van der Waals surface area (Å²) < 4.78 is 5.76. The summed E-state index contributed by atoms with van der Waals surface area (Å²) in [6, 6.07) is 25.4. The van der Waals surface area contributed by atoms with E-state index in [1.807, 2.05) is 104 Å². The van der Waals surface area contributed by atoms with Gasteiger partial charge in [-0.05, 0) is 83.5 Å². The number of pyridine rings is 1. The maximum absolute atomic E-state index is 13.2. The predicted molar refractivity (Wildman–Crippen MR) is 156 cm³/mol. The van der Waals surface area contributed by atoms with Gasteiger partial charge in [0.25, 0.3) is 5.91 Å². The number of thioether (sulfide) groups is 1. The number of rotatable bonds is 11. The summed E-state index contributed by atoms with van der Waals surface area (Å²) >= 11 is 1.52. The first kappa shape index (κ1) is 30.8. The van der Waals surface area contributed by atoms with Crippen LogP contribution in [0, 0.1) is 6.92 Å². The largest absolute Gasteiger partial charge is 1.00 e. The molecule has 6 nitrogen and oxygen atoms in total. The Kier molecular flexibility index (Phi) is 11.6. The third-order valence-corrected chi connectivity index (χ3v) is 6.76. The average molecular weight is 545 g/mol. The van der Waals surface area contributed by atoms with Gasteiger partial charge in [-0.3, -0.25) is 4.79 Å². The van der Waals surface area contributed by atoms with E-state index in [2.05, 4.69) is 10.3 Å². The number of para-hydroxylation sites is 1. The summed E-state index contributed by atoms with van der Waals surface area (Å²) in [7, 11) is 0. The molecule has 1 amide bonds. The molecule has 1 aromatic heterocycles. The molecule has 0 unspecified atom stereocenters. The number of carbonyl (C=O) groups excluding carboxylic acids is 2. The Morgan fingerprint density at radius 1 is 0.950 bits per heavy atom. The molecule has 0 spiro atoms. The number of aliphatic carboxylic acids is 1. The monoisotopic (exact) mass is 544 g/mol. The first-order chi connectivity index (χ1) is 18.9. The van der Waals surface area contributed by atoms with E-state index < -0.39 is 17.9 Å². The third-order valence-electron chi connectivity index (χ3n) is 6.12. The first-order valence-electron chi connectivity index (χ1n) is 12.5. The van der Waals surface area contributed by atoms with E-state index >= 15 is 0 Å². The summed E-state index contributed by atoms with van der Waals surface area (Å²) in [5, 5.41) is 14.3. The van der Waals surface area contributed by atoms with E-state index in [9.17, 15) is 14.7 Å². The fourth-order valence-electron chi connectivity index (χ4n) is 4.03. The van der Waals surface area contributed by atoms with E-state index in [0.717, 1.165) is 33.6 Å². The Morgan fingerprint density at radius 2 is 1.65 bits per heavy atom. The van der Waals surface area contributed by atoms with E-state index in [0.29, 0.717) is 23.6 Å².